The number of hydrazone groups is 1. The van der Waals surface area contributed by atoms with Crippen molar-refractivity contribution in [3.8, 4) is 11.3 Å². The van der Waals surface area contributed by atoms with Gasteiger partial charge in [-0.2, -0.15) is 5.10 Å². The average molecular weight is 610 g/mol. The van der Waals surface area contributed by atoms with Gasteiger partial charge < -0.3 is 0 Å². The van der Waals surface area contributed by atoms with E-state index in [1.807, 2.05) is 66.7 Å². The Balaban J connectivity index is 1.35. The molecule has 2 heterocycles. The van der Waals surface area contributed by atoms with E-state index >= 15 is 0 Å². The molecule has 7 rings (SSSR count). The van der Waals surface area contributed by atoms with Crippen LogP contribution < -0.4 is 0 Å². The van der Waals surface area contributed by atoms with Gasteiger partial charge in [-0.3, -0.25) is 25.0 Å². The van der Waals surface area contributed by atoms with Crippen LogP contribution in [0, 0.1) is 26.1 Å². The SMILES string of the molecule is O=C(c1cc(-c2ccccc2)nc2ccccc12)N1N=C2/C(=C/c3ccc([N+](=O)[O-])cc3)CCC[C@@H]2[C@H]1c1ccc([N+](=O)[O-])cc1. The number of fused-ring (bicyclic) bond motifs is 2. The summed E-state index contributed by atoms with van der Waals surface area (Å²) in [7, 11) is 0. The molecule has 2 aliphatic rings. The molecule has 1 fully saturated rings. The molecule has 46 heavy (non-hydrogen) atoms. The molecule has 1 aliphatic carbocycles. The molecule has 2 atom stereocenters. The number of nitro benzene ring substituents is 2. The van der Waals surface area contributed by atoms with E-state index in [4.69, 9.17) is 10.1 Å². The number of non-ortho nitro benzene ring substituents is 2. The van der Waals surface area contributed by atoms with Crippen LogP contribution in [0.5, 0.6) is 0 Å². The van der Waals surface area contributed by atoms with Crippen molar-refractivity contribution >= 4 is 40.0 Å². The Bertz CT molecular complexity index is 2060. The van der Waals surface area contributed by atoms with E-state index in [-0.39, 0.29) is 23.2 Å². The molecule has 1 aromatic heterocycles. The fourth-order valence-electron chi connectivity index (χ4n) is 6.42. The molecule has 0 saturated heterocycles. The molecule has 1 aliphatic heterocycles. The topological polar surface area (TPSA) is 132 Å². The van der Waals surface area contributed by atoms with Crippen LogP contribution in [0.25, 0.3) is 28.2 Å². The number of benzene rings is 4. The number of carbonyl (C=O) groups is 1. The Labute approximate surface area is 263 Å². The van der Waals surface area contributed by atoms with E-state index in [0.29, 0.717) is 22.2 Å². The molecular weight excluding hydrogens is 582 g/mol. The van der Waals surface area contributed by atoms with E-state index < -0.39 is 15.9 Å². The predicted molar refractivity (Wildman–Crippen MR) is 175 cm³/mol. The number of amides is 1. The molecule has 1 saturated carbocycles. The lowest BCUT2D eigenvalue weighted by molar-refractivity contribution is -0.385. The molecule has 10 heteroatoms. The minimum absolute atomic E-state index is 0.0105. The van der Waals surface area contributed by atoms with Gasteiger partial charge in [0.1, 0.15) is 0 Å². The number of nitrogens with zero attached hydrogens (tertiary/aromatic N) is 5. The van der Waals surface area contributed by atoms with Crippen LogP contribution in [-0.4, -0.2) is 31.5 Å². The Kier molecular flexibility index (Phi) is 7.38. The van der Waals surface area contributed by atoms with Gasteiger partial charge in [0.2, 0.25) is 0 Å². The third-order valence-corrected chi connectivity index (χ3v) is 8.62. The zero-order chi connectivity index (χ0) is 31.8. The van der Waals surface area contributed by atoms with Crippen molar-refractivity contribution in [3.05, 3.63) is 152 Å². The van der Waals surface area contributed by atoms with Gasteiger partial charge in [-0.1, -0.05) is 60.7 Å². The predicted octanol–water partition coefficient (Wildman–Crippen LogP) is 8.16. The fourth-order valence-corrected chi connectivity index (χ4v) is 6.42. The molecule has 0 N–H and O–H groups in total. The Morgan fingerprint density at radius 2 is 1.48 bits per heavy atom. The Morgan fingerprint density at radius 1 is 0.826 bits per heavy atom. The highest BCUT2D eigenvalue weighted by Gasteiger charge is 2.44. The van der Waals surface area contributed by atoms with Crippen LogP contribution in [-0.2, 0) is 0 Å². The summed E-state index contributed by atoms with van der Waals surface area (Å²) >= 11 is 0. The number of para-hydroxylation sites is 1. The summed E-state index contributed by atoms with van der Waals surface area (Å²) in [5.74, 6) is -0.444. The van der Waals surface area contributed by atoms with Crippen LogP contribution in [0.3, 0.4) is 0 Å². The third kappa shape index (κ3) is 5.30. The first-order chi connectivity index (χ1) is 22.4. The van der Waals surface area contributed by atoms with Gasteiger partial charge in [-0.05, 0) is 66.3 Å². The van der Waals surface area contributed by atoms with E-state index in [0.717, 1.165) is 47.2 Å². The first-order valence-corrected chi connectivity index (χ1v) is 14.9. The van der Waals surface area contributed by atoms with Crippen molar-refractivity contribution in [2.75, 3.05) is 0 Å². The van der Waals surface area contributed by atoms with Crippen LogP contribution in [0.4, 0.5) is 11.4 Å². The molecule has 5 aromatic rings. The second-order valence-electron chi connectivity index (χ2n) is 11.4. The summed E-state index contributed by atoms with van der Waals surface area (Å²) in [5, 5.41) is 29.8. The number of nitro groups is 2. The molecule has 1 amide bonds. The first kappa shape index (κ1) is 28.7. The van der Waals surface area contributed by atoms with Crippen molar-refractivity contribution in [1.82, 2.24) is 9.99 Å². The molecular formula is C36H27N5O5. The van der Waals surface area contributed by atoms with Crippen LogP contribution in [0.2, 0.25) is 0 Å². The summed E-state index contributed by atoms with van der Waals surface area (Å²) < 4.78 is 0. The monoisotopic (exact) mass is 609 g/mol. The smallest absolute Gasteiger partial charge is 0.267 e. The van der Waals surface area contributed by atoms with E-state index in [2.05, 4.69) is 0 Å². The van der Waals surface area contributed by atoms with Crippen LogP contribution in [0.15, 0.2) is 120 Å². The van der Waals surface area contributed by atoms with Gasteiger partial charge >= 0.3 is 0 Å². The number of rotatable bonds is 6. The van der Waals surface area contributed by atoms with Crippen molar-refractivity contribution in [3.63, 3.8) is 0 Å². The Hall–Kier alpha value is -6.03. The molecule has 10 nitrogen and oxygen atoms in total. The first-order valence-electron chi connectivity index (χ1n) is 14.9. The van der Waals surface area contributed by atoms with Crippen molar-refractivity contribution in [1.29, 1.82) is 0 Å². The summed E-state index contributed by atoms with van der Waals surface area (Å²) in [6.07, 6.45) is 4.33. The summed E-state index contributed by atoms with van der Waals surface area (Å²) in [6, 6.07) is 31.2. The van der Waals surface area contributed by atoms with Gasteiger partial charge in [0.25, 0.3) is 17.3 Å². The maximum Gasteiger partial charge on any atom is 0.275 e. The van der Waals surface area contributed by atoms with Crippen molar-refractivity contribution in [2.45, 2.75) is 25.3 Å². The van der Waals surface area contributed by atoms with Gasteiger partial charge in [0, 0.05) is 41.1 Å². The highest BCUT2D eigenvalue weighted by Crippen LogP contribution is 2.45. The molecule has 0 spiro atoms. The Morgan fingerprint density at radius 3 is 2.17 bits per heavy atom. The summed E-state index contributed by atoms with van der Waals surface area (Å²) in [5.41, 5.74) is 5.95. The minimum Gasteiger partial charge on any atom is -0.267 e. The summed E-state index contributed by atoms with van der Waals surface area (Å²) in [6.45, 7) is 0. The second-order valence-corrected chi connectivity index (χ2v) is 11.4. The van der Waals surface area contributed by atoms with Crippen molar-refractivity contribution < 1.29 is 14.6 Å². The number of carbonyl (C=O) groups excluding carboxylic acids is 1. The zero-order valence-corrected chi connectivity index (χ0v) is 24.5. The van der Waals surface area contributed by atoms with Gasteiger partial charge in [-0.15, -0.1) is 0 Å². The standard InChI is InChI=1S/C36H27N5O5/c42-36(31-22-33(24-7-2-1-3-8-24)37-32-12-5-4-10-29(31)32)39-35(25-15-19-28(20-16-25)41(45)46)30-11-6-9-26(34(30)38-39)21-23-13-17-27(18-14-23)40(43)44/h1-5,7-8,10,12-22,30,35H,6,9,11H2/b26-21+/t30-,35+/m0/s1. The maximum atomic E-state index is 14.7. The van der Waals surface area contributed by atoms with Crippen molar-refractivity contribution in [2.24, 2.45) is 11.0 Å². The lowest BCUT2D eigenvalue weighted by Crippen LogP contribution is -2.32. The van der Waals surface area contributed by atoms with Gasteiger partial charge in [0.05, 0.1) is 38.4 Å². The molecule has 0 unspecified atom stereocenters. The number of aromatic nitrogens is 1. The van der Waals surface area contributed by atoms with E-state index in [1.54, 1.807) is 24.3 Å². The molecule has 0 radical (unpaired) electrons. The largest absolute Gasteiger partial charge is 0.275 e. The van der Waals surface area contributed by atoms with E-state index in [9.17, 15) is 25.0 Å². The van der Waals surface area contributed by atoms with Gasteiger partial charge in [0.15, 0.2) is 0 Å². The van der Waals surface area contributed by atoms with E-state index in [1.165, 1.54) is 29.3 Å². The lowest BCUT2D eigenvalue weighted by Gasteiger charge is -2.30. The number of allylic oxidation sites excluding steroid dienone is 1. The fraction of sp³-hybridized carbons (Fsp3) is 0.139. The number of hydrogen-bond donors (Lipinski definition) is 0. The average Bonchev–Trinajstić information content (AvgIpc) is 3.49. The third-order valence-electron chi connectivity index (χ3n) is 8.62. The quantitative estimate of drug-likeness (QED) is 0.141. The molecule has 0 bridgehead atoms. The number of pyridine rings is 1. The summed E-state index contributed by atoms with van der Waals surface area (Å²) in [4.78, 5) is 41.3. The second kappa shape index (κ2) is 11.8. The molecule has 4 aromatic carbocycles. The van der Waals surface area contributed by atoms with Gasteiger partial charge in [-0.25, -0.2) is 9.99 Å². The normalized spacial score (nSPS) is 18.3. The maximum absolute atomic E-state index is 14.7. The lowest BCUT2D eigenvalue weighted by atomic mass is 9.77. The highest BCUT2D eigenvalue weighted by molar-refractivity contribution is 6.12. The zero-order valence-electron chi connectivity index (χ0n) is 24.5. The highest BCUT2D eigenvalue weighted by atomic mass is 16.6. The minimum atomic E-state index is -0.490. The number of hydrogen-bond acceptors (Lipinski definition) is 7. The van der Waals surface area contributed by atoms with Crippen LogP contribution in [0.1, 0.15) is 46.8 Å². The molecule has 226 valence electrons. The van der Waals surface area contributed by atoms with Crippen LogP contribution >= 0.6 is 0 Å².